The van der Waals surface area contributed by atoms with Crippen molar-refractivity contribution in [2.45, 2.75) is 39.0 Å². The molecule has 0 N–H and O–H groups in total. The van der Waals surface area contributed by atoms with Gasteiger partial charge in [0, 0.05) is 6.92 Å². The van der Waals surface area contributed by atoms with Crippen molar-refractivity contribution in [3.05, 3.63) is 5.53 Å². The van der Waals surface area contributed by atoms with E-state index in [-0.39, 0.29) is 0 Å². The summed E-state index contributed by atoms with van der Waals surface area (Å²) in [4.78, 5) is 3.23. The van der Waals surface area contributed by atoms with Crippen LogP contribution in [0.4, 0.5) is 0 Å². The van der Waals surface area contributed by atoms with Crippen molar-refractivity contribution in [3.8, 4) is 0 Å². The third-order valence-electron chi connectivity index (χ3n) is 2.35. The Morgan fingerprint density at radius 3 is 2.40 bits per heavy atom. The smallest absolute Gasteiger partial charge is 0.268 e. The van der Waals surface area contributed by atoms with Crippen molar-refractivity contribution in [2.75, 3.05) is 0 Å². The highest BCUT2D eigenvalue weighted by Crippen LogP contribution is 2.23. The number of rotatable bonds is 1. The molecule has 0 atom stereocenters. The van der Waals surface area contributed by atoms with Crippen LogP contribution >= 0.6 is 0 Å². The molecule has 0 aromatic heterocycles. The maximum atomic E-state index is 8.47. The minimum Gasteiger partial charge on any atom is -0.362 e. The Hall–Kier alpha value is -0.620. The summed E-state index contributed by atoms with van der Waals surface area (Å²) in [5.41, 5.74) is 9.39. The van der Waals surface area contributed by atoms with E-state index < -0.39 is 0 Å². The molecule has 0 saturated heterocycles. The first kappa shape index (κ1) is 7.49. The summed E-state index contributed by atoms with van der Waals surface area (Å²) in [6, 6.07) is 0. The predicted octanol–water partition coefficient (Wildman–Crippen LogP) is 2.26. The molecule has 1 aliphatic rings. The van der Waals surface area contributed by atoms with Gasteiger partial charge in [-0.25, -0.2) is 0 Å². The zero-order valence-corrected chi connectivity index (χ0v) is 6.51. The van der Waals surface area contributed by atoms with E-state index in [0.29, 0.717) is 5.92 Å². The molecule has 0 amide bonds. The third-order valence-corrected chi connectivity index (χ3v) is 2.35. The highest BCUT2D eigenvalue weighted by atomic mass is 14.9. The van der Waals surface area contributed by atoms with Crippen molar-refractivity contribution in [3.63, 3.8) is 0 Å². The number of hydrogen-bond acceptors (Lipinski definition) is 0. The highest BCUT2D eigenvalue weighted by Gasteiger charge is 2.20. The second kappa shape index (κ2) is 3.52. The molecule has 10 heavy (non-hydrogen) atoms. The lowest BCUT2D eigenvalue weighted by Crippen LogP contribution is -2.15. The summed E-state index contributed by atoms with van der Waals surface area (Å²) in [6.45, 7) is 1.91. The van der Waals surface area contributed by atoms with Crippen molar-refractivity contribution < 1.29 is 4.79 Å². The first-order chi connectivity index (χ1) is 4.84. The Bertz CT molecular complexity index is 151. The van der Waals surface area contributed by atoms with Gasteiger partial charge in [0.15, 0.2) is 0 Å². The van der Waals surface area contributed by atoms with E-state index in [1.54, 1.807) is 0 Å². The molecule has 1 saturated carbocycles. The van der Waals surface area contributed by atoms with Gasteiger partial charge >= 0.3 is 0 Å². The molecule has 0 spiro atoms. The molecule has 0 radical (unpaired) electrons. The van der Waals surface area contributed by atoms with Crippen molar-refractivity contribution in [1.29, 1.82) is 0 Å². The molecule has 0 aliphatic heterocycles. The molecule has 2 nitrogen and oxygen atoms in total. The van der Waals surface area contributed by atoms with Crippen LogP contribution in [0.5, 0.6) is 0 Å². The van der Waals surface area contributed by atoms with E-state index in [0.717, 1.165) is 5.71 Å². The van der Waals surface area contributed by atoms with Gasteiger partial charge in [0.25, 0.3) is 5.71 Å². The fourth-order valence-electron chi connectivity index (χ4n) is 1.60. The molecule has 0 heterocycles. The van der Waals surface area contributed by atoms with Crippen LogP contribution < -0.4 is 0 Å². The molecular formula is C8H14N2. The Morgan fingerprint density at radius 2 is 1.90 bits per heavy atom. The summed E-state index contributed by atoms with van der Waals surface area (Å²) >= 11 is 0. The Kier molecular flexibility index (Phi) is 2.64. The van der Waals surface area contributed by atoms with Gasteiger partial charge in [-0.2, -0.15) is 4.79 Å². The lowest BCUT2D eigenvalue weighted by molar-refractivity contribution is -0.0151. The van der Waals surface area contributed by atoms with Crippen molar-refractivity contribution >= 4 is 5.71 Å². The zero-order valence-electron chi connectivity index (χ0n) is 6.51. The molecule has 0 aromatic carbocycles. The van der Waals surface area contributed by atoms with Gasteiger partial charge in [-0.15, -0.1) is 0 Å². The van der Waals surface area contributed by atoms with Gasteiger partial charge in [-0.3, -0.25) is 0 Å². The predicted molar refractivity (Wildman–Crippen MR) is 40.9 cm³/mol. The van der Waals surface area contributed by atoms with E-state index in [2.05, 4.69) is 4.79 Å². The molecule has 0 aromatic rings. The topological polar surface area (TPSA) is 36.4 Å². The van der Waals surface area contributed by atoms with Crippen LogP contribution in [0.3, 0.4) is 0 Å². The van der Waals surface area contributed by atoms with E-state index in [1.807, 2.05) is 6.92 Å². The summed E-state index contributed by atoms with van der Waals surface area (Å²) in [6.07, 6.45) is 6.40. The highest BCUT2D eigenvalue weighted by molar-refractivity contribution is 5.78. The zero-order chi connectivity index (χ0) is 7.40. The molecule has 1 fully saturated rings. The number of nitrogens with zero attached hydrogens (tertiary/aromatic N) is 2. The van der Waals surface area contributed by atoms with E-state index in [9.17, 15) is 0 Å². The average Bonchev–Trinajstić information content (AvgIpc) is 2.05. The SMILES string of the molecule is CC(=[N+]=[N-])C1CCCCC1. The van der Waals surface area contributed by atoms with Gasteiger partial charge in [-0.05, 0) is 12.8 Å². The van der Waals surface area contributed by atoms with Gasteiger partial charge in [0.2, 0.25) is 0 Å². The maximum absolute atomic E-state index is 8.47. The summed E-state index contributed by atoms with van der Waals surface area (Å²) < 4.78 is 0. The summed E-state index contributed by atoms with van der Waals surface area (Å²) in [5, 5.41) is 0. The van der Waals surface area contributed by atoms with Crippen molar-refractivity contribution in [1.82, 2.24) is 0 Å². The Labute approximate surface area is 61.9 Å². The van der Waals surface area contributed by atoms with Gasteiger partial charge in [0.05, 0.1) is 5.92 Å². The van der Waals surface area contributed by atoms with E-state index in [4.69, 9.17) is 5.53 Å². The average molecular weight is 138 g/mol. The second-order valence-electron chi connectivity index (χ2n) is 3.08. The van der Waals surface area contributed by atoms with E-state index >= 15 is 0 Å². The van der Waals surface area contributed by atoms with Crippen LogP contribution in [0.2, 0.25) is 0 Å². The van der Waals surface area contributed by atoms with E-state index in [1.165, 1.54) is 32.1 Å². The quantitative estimate of drug-likeness (QED) is 0.303. The largest absolute Gasteiger partial charge is 0.362 e. The monoisotopic (exact) mass is 138 g/mol. The van der Waals surface area contributed by atoms with Crippen LogP contribution in [0.25, 0.3) is 5.53 Å². The van der Waals surface area contributed by atoms with Crippen LogP contribution in [0, 0.1) is 5.92 Å². The van der Waals surface area contributed by atoms with Gasteiger partial charge in [0.1, 0.15) is 0 Å². The summed E-state index contributed by atoms with van der Waals surface area (Å²) in [7, 11) is 0. The first-order valence-corrected chi connectivity index (χ1v) is 4.03. The molecule has 1 rings (SSSR count). The van der Waals surface area contributed by atoms with Crippen LogP contribution in [-0.2, 0) is 0 Å². The van der Waals surface area contributed by atoms with Crippen LogP contribution in [-0.4, -0.2) is 10.5 Å². The first-order valence-electron chi connectivity index (χ1n) is 4.03. The lowest BCUT2D eigenvalue weighted by Gasteiger charge is -2.15. The van der Waals surface area contributed by atoms with Gasteiger partial charge in [-0.1, -0.05) is 19.3 Å². The fourth-order valence-corrected chi connectivity index (χ4v) is 1.60. The Balaban J connectivity index is 2.46. The fraction of sp³-hybridized carbons (Fsp3) is 0.875. The molecule has 1 aliphatic carbocycles. The molecule has 56 valence electrons. The second-order valence-corrected chi connectivity index (χ2v) is 3.08. The molecule has 0 bridgehead atoms. The maximum Gasteiger partial charge on any atom is 0.268 e. The lowest BCUT2D eigenvalue weighted by atomic mass is 9.86. The standard InChI is InChI=1S/C8H14N2/c1-7(10-9)8-5-3-2-4-6-8/h8H,2-6H2,1H3. The molecular weight excluding hydrogens is 124 g/mol. The number of hydrogen-bond donors (Lipinski definition) is 0. The minimum atomic E-state index is 0.568. The van der Waals surface area contributed by atoms with Crippen LogP contribution in [0.15, 0.2) is 0 Å². The summed E-state index contributed by atoms with van der Waals surface area (Å²) in [5.74, 6) is 0.568. The normalized spacial score (nSPS) is 20.1. The molecule has 0 unspecified atom stereocenters. The third kappa shape index (κ3) is 1.68. The van der Waals surface area contributed by atoms with Crippen LogP contribution in [0.1, 0.15) is 39.0 Å². The van der Waals surface area contributed by atoms with Gasteiger partial charge < -0.3 is 5.53 Å². The van der Waals surface area contributed by atoms with Crippen molar-refractivity contribution in [2.24, 2.45) is 5.92 Å². The minimum absolute atomic E-state index is 0.568. The Morgan fingerprint density at radius 1 is 1.30 bits per heavy atom. The molecule has 2 heteroatoms.